The number of hydrogen-bond acceptors (Lipinski definition) is 4. The van der Waals surface area contributed by atoms with Crippen molar-refractivity contribution in [2.45, 2.75) is 17.9 Å². The minimum atomic E-state index is -0.756. The van der Waals surface area contributed by atoms with Crippen molar-refractivity contribution in [2.75, 3.05) is 12.3 Å². The van der Waals surface area contributed by atoms with Crippen LogP contribution in [0.3, 0.4) is 0 Å². The third kappa shape index (κ3) is 3.57. The molecule has 2 rings (SSSR count). The van der Waals surface area contributed by atoms with Crippen LogP contribution >= 0.6 is 11.8 Å². The topological polar surface area (TPSA) is 66.5 Å². The number of rotatable bonds is 3. The normalized spacial score (nSPS) is 18.6. The fourth-order valence-corrected chi connectivity index (χ4v) is 2.64. The number of amides is 3. The molecule has 0 bridgehead atoms. The number of hydrogen-bond donors (Lipinski definition) is 1. The second kappa shape index (κ2) is 6.21. The molecule has 1 heterocycles. The maximum atomic E-state index is 13.4. The Morgan fingerprint density at radius 3 is 2.81 bits per heavy atom. The molecule has 112 valence electrons. The van der Waals surface area contributed by atoms with Crippen molar-refractivity contribution >= 4 is 29.5 Å². The quantitative estimate of drug-likeness (QED) is 0.666. The van der Waals surface area contributed by atoms with Crippen molar-refractivity contribution < 1.29 is 23.2 Å². The lowest BCUT2D eigenvalue weighted by molar-refractivity contribution is -0.148. The van der Waals surface area contributed by atoms with Crippen LogP contribution in [0.25, 0.3) is 0 Å². The van der Waals surface area contributed by atoms with Crippen molar-refractivity contribution in [1.29, 1.82) is 0 Å². The third-order valence-corrected chi connectivity index (χ3v) is 4.02. The molecule has 0 radical (unpaired) electrons. The molecule has 0 aromatic heterocycles. The first-order valence-electron chi connectivity index (χ1n) is 6.09. The number of thioether (sulfide) groups is 1. The van der Waals surface area contributed by atoms with Gasteiger partial charge in [-0.1, -0.05) is 0 Å². The molecular weight excluding hydrogens is 302 g/mol. The van der Waals surface area contributed by atoms with Gasteiger partial charge in [0, 0.05) is 11.0 Å². The molecule has 1 atom stereocenters. The van der Waals surface area contributed by atoms with Gasteiger partial charge in [-0.05, 0) is 19.1 Å². The van der Waals surface area contributed by atoms with Crippen LogP contribution in [0.1, 0.15) is 6.92 Å². The van der Waals surface area contributed by atoms with E-state index in [1.54, 1.807) is 0 Å². The molecule has 1 aliphatic heterocycles. The highest BCUT2D eigenvalue weighted by atomic mass is 32.2. The van der Waals surface area contributed by atoms with E-state index in [1.807, 2.05) is 0 Å². The van der Waals surface area contributed by atoms with Crippen LogP contribution in [-0.4, -0.2) is 41.0 Å². The van der Waals surface area contributed by atoms with E-state index in [-0.39, 0.29) is 17.2 Å². The molecule has 1 aromatic rings. The number of nitrogens with zero attached hydrogens (tertiary/aromatic N) is 1. The zero-order valence-corrected chi connectivity index (χ0v) is 11.9. The molecule has 1 N–H and O–H groups in total. The van der Waals surface area contributed by atoms with E-state index in [0.29, 0.717) is 0 Å². The van der Waals surface area contributed by atoms with Crippen molar-refractivity contribution in [1.82, 2.24) is 10.2 Å². The van der Waals surface area contributed by atoms with Crippen LogP contribution in [0.2, 0.25) is 0 Å². The summed E-state index contributed by atoms with van der Waals surface area (Å²) in [4.78, 5) is 36.0. The summed E-state index contributed by atoms with van der Waals surface area (Å²) in [6.45, 7) is 1.29. The summed E-state index contributed by atoms with van der Waals surface area (Å²) >= 11 is 0.886. The van der Waals surface area contributed by atoms with E-state index in [1.165, 1.54) is 13.0 Å². The molecule has 1 aliphatic rings. The first-order valence-corrected chi connectivity index (χ1v) is 7.08. The summed E-state index contributed by atoms with van der Waals surface area (Å²) in [6, 6.07) is 2.30. The molecule has 0 saturated carbocycles. The van der Waals surface area contributed by atoms with Crippen molar-refractivity contribution in [3.05, 3.63) is 29.8 Å². The van der Waals surface area contributed by atoms with E-state index >= 15 is 0 Å². The lowest BCUT2D eigenvalue weighted by Crippen LogP contribution is -2.59. The fraction of sp³-hybridized carbons (Fsp3) is 0.308. The van der Waals surface area contributed by atoms with Gasteiger partial charge >= 0.3 is 0 Å². The second-order valence-electron chi connectivity index (χ2n) is 4.47. The molecule has 0 spiro atoms. The lowest BCUT2D eigenvalue weighted by Gasteiger charge is -2.31. The van der Waals surface area contributed by atoms with Crippen LogP contribution < -0.4 is 5.32 Å². The fourth-order valence-electron chi connectivity index (χ4n) is 1.83. The van der Waals surface area contributed by atoms with Crippen LogP contribution in [0.5, 0.6) is 0 Å². The van der Waals surface area contributed by atoms with Gasteiger partial charge in [0.15, 0.2) is 0 Å². The first kappa shape index (κ1) is 15.4. The average molecular weight is 314 g/mol. The van der Waals surface area contributed by atoms with Crippen molar-refractivity contribution in [3.63, 3.8) is 0 Å². The Bertz CT molecular complexity index is 609. The molecule has 5 nitrogen and oxygen atoms in total. The third-order valence-electron chi connectivity index (χ3n) is 2.99. The summed E-state index contributed by atoms with van der Waals surface area (Å²) in [5.41, 5.74) is 0. The number of piperazine rings is 1. The molecule has 1 saturated heterocycles. The predicted molar refractivity (Wildman–Crippen MR) is 71.4 cm³/mol. The van der Waals surface area contributed by atoms with E-state index in [0.717, 1.165) is 28.8 Å². The molecular formula is C13H12F2N2O3S. The molecule has 1 aromatic carbocycles. The molecule has 1 fully saturated rings. The number of nitrogens with one attached hydrogen (secondary N) is 1. The van der Waals surface area contributed by atoms with Gasteiger partial charge in [0.1, 0.15) is 24.2 Å². The summed E-state index contributed by atoms with van der Waals surface area (Å²) in [7, 11) is 0. The minimum Gasteiger partial charge on any atom is -0.321 e. The van der Waals surface area contributed by atoms with E-state index in [9.17, 15) is 23.2 Å². The van der Waals surface area contributed by atoms with Gasteiger partial charge in [-0.3, -0.25) is 19.7 Å². The van der Waals surface area contributed by atoms with Crippen molar-refractivity contribution in [2.24, 2.45) is 0 Å². The smallest absolute Gasteiger partial charge is 0.249 e. The Hall–Kier alpha value is -1.96. The van der Waals surface area contributed by atoms with Crippen LogP contribution in [-0.2, 0) is 14.4 Å². The number of halogens is 2. The van der Waals surface area contributed by atoms with Gasteiger partial charge in [0.2, 0.25) is 17.7 Å². The highest BCUT2D eigenvalue weighted by molar-refractivity contribution is 8.00. The summed E-state index contributed by atoms with van der Waals surface area (Å²) < 4.78 is 26.2. The second-order valence-corrected chi connectivity index (χ2v) is 5.49. The highest BCUT2D eigenvalue weighted by Crippen LogP contribution is 2.23. The first-order chi connectivity index (χ1) is 9.88. The number of imide groups is 1. The maximum absolute atomic E-state index is 13.4. The Morgan fingerprint density at radius 2 is 2.14 bits per heavy atom. The summed E-state index contributed by atoms with van der Waals surface area (Å²) in [6.07, 6.45) is 0. The molecule has 3 amide bonds. The minimum absolute atomic E-state index is 0.130. The van der Waals surface area contributed by atoms with Crippen molar-refractivity contribution in [3.8, 4) is 0 Å². The van der Waals surface area contributed by atoms with Gasteiger partial charge in [0.05, 0.1) is 5.75 Å². The van der Waals surface area contributed by atoms with E-state index in [4.69, 9.17) is 0 Å². The average Bonchev–Trinajstić information content (AvgIpc) is 2.41. The number of benzene rings is 1. The Balaban J connectivity index is 2.01. The van der Waals surface area contributed by atoms with Crippen LogP contribution in [0, 0.1) is 11.6 Å². The standard InChI is InChI=1S/C13H12F2N2O3S/c1-7-13(20)16-11(18)5-17(7)12(19)6-21-10-3-2-8(14)4-9(10)15/h2-4,7H,5-6H2,1H3,(H,16,18,20). The van der Waals surface area contributed by atoms with Crippen LogP contribution in [0.15, 0.2) is 23.1 Å². The largest absolute Gasteiger partial charge is 0.321 e. The summed E-state index contributed by atoms with van der Waals surface area (Å²) in [5.74, 6) is -3.15. The molecule has 1 unspecified atom stereocenters. The van der Waals surface area contributed by atoms with E-state index in [2.05, 4.69) is 5.32 Å². The molecule has 8 heteroatoms. The zero-order valence-electron chi connectivity index (χ0n) is 11.1. The SMILES string of the molecule is CC1C(=O)NC(=O)CN1C(=O)CSc1ccc(F)cc1F. The number of carbonyl (C=O) groups excluding carboxylic acids is 3. The van der Waals surface area contributed by atoms with Crippen LogP contribution in [0.4, 0.5) is 8.78 Å². The monoisotopic (exact) mass is 314 g/mol. The zero-order chi connectivity index (χ0) is 15.6. The Labute approximate surface area is 123 Å². The lowest BCUT2D eigenvalue weighted by atomic mass is 10.2. The molecule has 21 heavy (non-hydrogen) atoms. The Kier molecular flexibility index (Phi) is 4.56. The Morgan fingerprint density at radius 1 is 1.43 bits per heavy atom. The van der Waals surface area contributed by atoms with Gasteiger partial charge in [-0.25, -0.2) is 8.78 Å². The van der Waals surface area contributed by atoms with Gasteiger partial charge in [-0.2, -0.15) is 0 Å². The summed E-state index contributed by atoms with van der Waals surface area (Å²) in [5, 5.41) is 2.12. The highest BCUT2D eigenvalue weighted by Gasteiger charge is 2.33. The van der Waals surface area contributed by atoms with E-state index < -0.39 is 35.4 Å². The number of carbonyl (C=O) groups is 3. The molecule has 0 aliphatic carbocycles. The van der Waals surface area contributed by atoms with Gasteiger partial charge < -0.3 is 4.90 Å². The maximum Gasteiger partial charge on any atom is 0.249 e. The van der Waals surface area contributed by atoms with Gasteiger partial charge in [0.25, 0.3) is 0 Å². The predicted octanol–water partition coefficient (Wildman–Crippen LogP) is 0.930. The van der Waals surface area contributed by atoms with Gasteiger partial charge in [-0.15, -0.1) is 11.8 Å².